The number of hydrogen-bond donors (Lipinski definition) is 2. The van der Waals surface area contributed by atoms with Crippen LogP contribution in [0.2, 0.25) is 0 Å². The second kappa shape index (κ2) is 5.16. The van der Waals surface area contributed by atoms with Gasteiger partial charge in [0, 0.05) is 5.75 Å². The van der Waals surface area contributed by atoms with Crippen molar-refractivity contribution in [2.24, 2.45) is 5.41 Å². The summed E-state index contributed by atoms with van der Waals surface area (Å²) in [6.07, 6.45) is 3.02. The lowest BCUT2D eigenvalue weighted by atomic mass is 9.65. The number of aliphatic hydroxyl groups is 1. The zero-order chi connectivity index (χ0) is 12.4. The van der Waals surface area contributed by atoms with Crippen molar-refractivity contribution in [1.29, 1.82) is 0 Å². The summed E-state index contributed by atoms with van der Waals surface area (Å²) >= 11 is 1.76. The number of nitrogens with one attached hydrogen (secondary N) is 1. The third-order valence-electron chi connectivity index (χ3n) is 4.14. The molecule has 5 heteroatoms. The van der Waals surface area contributed by atoms with Gasteiger partial charge in [-0.05, 0) is 44.5 Å². The van der Waals surface area contributed by atoms with Crippen molar-refractivity contribution in [3.05, 3.63) is 0 Å². The van der Waals surface area contributed by atoms with E-state index < -0.39 is 11.0 Å². The lowest BCUT2D eigenvalue weighted by Crippen LogP contribution is -2.60. The number of esters is 1. The molecule has 4 nitrogen and oxygen atoms in total. The molecule has 2 saturated heterocycles. The van der Waals surface area contributed by atoms with E-state index in [4.69, 9.17) is 4.74 Å². The van der Waals surface area contributed by atoms with Crippen LogP contribution in [0.3, 0.4) is 0 Å². The maximum atomic E-state index is 12.2. The van der Waals surface area contributed by atoms with E-state index in [2.05, 4.69) is 5.32 Å². The molecule has 1 unspecified atom stereocenters. The van der Waals surface area contributed by atoms with Crippen LogP contribution in [0.1, 0.15) is 25.7 Å². The number of carbonyl (C=O) groups is 1. The molecule has 0 aromatic rings. The molecule has 2 N–H and O–H groups in total. The molecule has 0 aromatic heterocycles. The van der Waals surface area contributed by atoms with Crippen molar-refractivity contribution < 1.29 is 14.6 Å². The Morgan fingerprint density at radius 1 is 1.35 bits per heavy atom. The van der Waals surface area contributed by atoms with Gasteiger partial charge in [0.25, 0.3) is 0 Å². The summed E-state index contributed by atoms with van der Waals surface area (Å²) in [6, 6.07) is 0. The van der Waals surface area contributed by atoms with E-state index in [9.17, 15) is 9.90 Å². The quantitative estimate of drug-likeness (QED) is 0.718. The van der Waals surface area contributed by atoms with Crippen LogP contribution in [-0.2, 0) is 9.53 Å². The van der Waals surface area contributed by atoms with Crippen LogP contribution in [-0.4, -0.2) is 48.4 Å². The minimum absolute atomic E-state index is 0.228. The van der Waals surface area contributed by atoms with Crippen LogP contribution in [0.25, 0.3) is 0 Å². The van der Waals surface area contributed by atoms with Gasteiger partial charge in [0.05, 0.1) is 12.7 Å². The van der Waals surface area contributed by atoms with E-state index in [1.807, 2.05) is 0 Å². The Bertz CT molecular complexity index is 283. The van der Waals surface area contributed by atoms with E-state index in [1.165, 1.54) is 7.11 Å². The largest absolute Gasteiger partial charge is 0.468 e. The Hall–Kier alpha value is -0.260. The van der Waals surface area contributed by atoms with Crippen molar-refractivity contribution in [2.45, 2.75) is 31.3 Å². The Labute approximate surface area is 106 Å². The molecule has 98 valence electrons. The topological polar surface area (TPSA) is 58.6 Å². The molecule has 2 fully saturated rings. The number of rotatable bonds is 2. The van der Waals surface area contributed by atoms with Gasteiger partial charge < -0.3 is 15.2 Å². The van der Waals surface area contributed by atoms with Gasteiger partial charge in [-0.15, -0.1) is 0 Å². The fourth-order valence-electron chi connectivity index (χ4n) is 3.03. The molecule has 2 aliphatic rings. The minimum atomic E-state index is -0.890. The summed E-state index contributed by atoms with van der Waals surface area (Å²) < 4.78 is 4.98. The predicted molar refractivity (Wildman–Crippen MR) is 68.1 cm³/mol. The van der Waals surface area contributed by atoms with E-state index in [-0.39, 0.29) is 5.97 Å². The summed E-state index contributed by atoms with van der Waals surface area (Å²) in [7, 11) is 1.42. The molecule has 0 bridgehead atoms. The maximum Gasteiger partial charge on any atom is 0.315 e. The minimum Gasteiger partial charge on any atom is -0.468 e. The van der Waals surface area contributed by atoms with E-state index in [1.54, 1.807) is 11.8 Å². The summed E-state index contributed by atoms with van der Waals surface area (Å²) in [5, 5.41) is 14.1. The monoisotopic (exact) mass is 259 g/mol. The first kappa shape index (κ1) is 13.2. The predicted octanol–water partition coefficient (Wildman–Crippen LogP) is 0.787. The first-order valence-corrected chi connectivity index (χ1v) is 7.39. The maximum absolute atomic E-state index is 12.2. The highest BCUT2D eigenvalue weighted by atomic mass is 32.2. The van der Waals surface area contributed by atoms with Gasteiger partial charge in [0.15, 0.2) is 0 Å². The molecule has 2 rings (SSSR count). The Balaban J connectivity index is 2.27. The highest BCUT2D eigenvalue weighted by Gasteiger charge is 2.56. The number of thioether (sulfide) groups is 1. The Morgan fingerprint density at radius 3 is 2.59 bits per heavy atom. The van der Waals surface area contributed by atoms with E-state index in [0.29, 0.717) is 18.6 Å². The van der Waals surface area contributed by atoms with Crippen LogP contribution >= 0.6 is 11.8 Å². The Kier molecular flexibility index (Phi) is 4.00. The fraction of sp³-hybridized carbons (Fsp3) is 0.917. The standard InChI is InChI=1S/C12H21NO3S/c1-16-10(14)11(3-2-8-17-9-11)12(15)4-6-13-7-5-12/h13,15H,2-9H2,1H3. The smallest absolute Gasteiger partial charge is 0.315 e. The molecular formula is C12H21NO3S. The molecule has 2 heterocycles. The van der Waals surface area contributed by atoms with Crippen LogP contribution in [0.5, 0.6) is 0 Å². The zero-order valence-corrected chi connectivity index (χ0v) is 11.1. The van der Waals surface area contributed by atoms with Gasteiger partial charge in [-0.3, -0.25) is 4.79 Å². The number of piperidine rings is 1. The number of ether oxygens (including phenoxy) is 1. The first-order chi connectivity index (χ1) is 8.15. The van der Waals surface area contributed by atoms with Gasteiger partial charge in [-0.2, -0.15) is 11.8 Å². The summed E-state index contributed by atoms with van der Waals surface area (Å²) in [5.74, 6) is 1.54. The molecular weight excluding hydrogens is 238 g/mol. The highest BCUT2D eigenvalue weighted by Crippen LogP contribution is 2.47. The van der Waals surface area contributed by atoms with Crippen molar-refractivity contribution in [2.75, 3.05) is 31.7 Å². The van der Waals surface area contributed by atoms with Crippen molar-refractivity contribution >= 4 is 17.7 Å². The van der Waals surface area contributed by atoms with Crippen LogP contribution in [0.15, 0.2) is 0 Å². The van der Waals surface area contributed by atoms with Gasteiger partial charge in [-0.1, -0.05) is 0 Å². The summed E-state index contributed by atoms with van der Waals surface area (Å²) in [5.41, 5.74) is -1.58. The lowest BCUT2D eigenvalue weighted by molar-refractivity contribution is -0.175. The SMILES string of the molecule is COC(=O)C1(C2(O)CCNCC2)CCCSC1. The number of methoxy groups -OCH3 is 1. The normalized spacial score (nSPS) is 33.1. The van der Waals surface area contributed by atoms with Gasteiger partial charge in [0.2, 0.25) is 0 Å². The Morgan fingerprint density at radius 2 is 2.06 bits per heavy atom. The van der Waals surface area contributed by atoms with Gasteiger partial charge >= 0.3 is 5.97 Å². The van der Waals surface area contributed by atoms with Crippen molar-refractivity contribution in [3.8, 4) is 0 Å². The molecule has 0 radical (unpaired) electrons. The lowest BCUT2D eigenvalue weighted by Gasteiger charge is -2.48. The first-order valence-electron chi connectivity index (χ1n) is 6.24. The van der Waals surface area contributed by atoms with Gasteiger partial charge in [-0.25, -0.2) is 0 Å². The average Bonchev–Trinajstić information content (AvgIpc) is 2.39. The van der Waals surface area contributed by atoms with E-state index >= 15 is 0 Å². The zero-order valence-electron chi connectivity index (χ0n) is 10.3. The molecule has 2 aliphatic heterocycles. The fourth-order valence-corrected chi connectivity index (χ4v) is 4.40. The third-order valence-corrected chi connectivity index (χ3v) is 5.41. The molecule has 1 atom stereocenters. The van der Waals surface area contributed by atoms with Gasteiger partial charge in [0.1, 0.15) is 5.41 Å². The second-order valence-corrected chi connectivity index (χ2v) is 6.12. The third kappa shape index (κ3) is 2.20. The summed E-state index contributed by atoms with van der Waals surface area (Å²) in [6.45, 7) is 1.56. The van der Waals surface area contributed by atoms with Crippen LogP contribution < -0.4 is 5.32 Å². The second-order valence-electron chi connectivity index (χ2n) is 5.01. The molecule has 0 amide bonds. The molecule has 17 heavy (non-hydrogen) atoms. The molecule has 0 saturated carbocycles. The van der Waals surface area contributed by atoms with Crippen molar-refractivity contribution in [1.82, 2.24) is 5.32 Å². The van der Waals surface area contributed by atoms with Crippen molar-refractivity contribution in [3.63, 3.8) is 0 Å². The molecule has 0 aromatic carbocycles. The summed E-state index contributed by atoms with van der Waals surface area (Å²) in [4.78, 5) is 12.2. The number of carbonyl (C=O) groups excluding carboxylic acids is 1. The average molecular weight is 259 g/mol. The van der Waals surface area contributed by atoms with Crippen LogP contribution in [0, 0.1) is 5.41 Å². The molecule has 0 aliphatic carbocycles. The van der Waals surface area contributed by atoms with Crippen LogP contribution in [0.4, 0.5) is 0 Å². The number of hydrogen-bond acceptors (Lipinski definition) is 5. The molecule has 0 spiro atoms. The highest BCUT2D eigenvalue weighted by molar-refractivity contribution is 7.99. The van der Waals surface area contributed by atoms with E-state index in [0.717, 1.165) is 31.7 Å².